The van der Waals surface area contributed by atoms with Crippen molar-refractivity contribution in [3.8, 4) is 17.9 Å². The van der Waals surface area contributed by atoms with Gasteiger partial charge in [0, 0.05) is 0 Å². The summed E-state index contributed by atoms with van der Waals surface area (Å²) in [5, 5.41) is 25.8. The minimum Gasteiger partial charge on any atom is -0.246 e. The minimum absolute atomic E-state index is 1.07. The standard InChI is InChI=1S/C8BF4N4/c10-5-4(9(1-14,2-15)3-16)6(11)8(13)17-7(5)12/q-1. The fraction of sp³-hybridized carbons (Fsp3) is 0. The summed E-state index contributed by atoms with van der Waals surface area (Å²) in [6.07, 6.45) is -3.70. The van der Waals surface area contributed by atoms with Crippen molar-refractivity contribution in [3.05, 3.63) is 23.5 Å². The number of pyridine rings is 1. The molecule has 0 radical (unpaired) electrons. The highest BCUT2D eigenvalue weighted by atomic mass is 19.2. The second-order valence-corrected chi connectivity index (χ2v) is 2.99. The smallest absolute Gasteiger partial charge is 0.246 e. The van der Waals surface area contributed by atoms with E-state index < -0.39 is 35.1 Å². The van der Waals surface area contributed by atoms with E-state index in [2.05, 4.69) is 4.98 Å². The monoisotopic (exact) mass is 239 g/mol. The van der Waals surface area contributed by atoms with Crippen molar-refractivity contribution in [1.29, 1.82) is 15.8 Å². The predicted octanol–water partition coefficient (Wildman–Crippen LogP) is 0.482. The van der Waals surface area contributed by atoms with Crippen molar-refractivity contribution in [2.45, 2.75) is 0 Å². The van der Waals surface area contributed by atoms with Gasteiger partial charge in [-0.1, -0.05) is 5.46 Å². The van der Waals surface area contributed by atoms with Gasteiger partial charge < -0.3 is 0 Å². The van der Waals surface area contributed by atoms with Crippen LogP contribution in [0.15, 0.2) is 0 Å². The SMILES string of the molecule is N#C[B-](C#N)(C#N)c1c(F)c(F)nc(F)c1F. The molecular weight excluding hydrogens is 239 g/mol. The number of aromatic nitrogens is 1. The van der Waals surface area contributed by atoms with Gasteiger partial charge in [-0.3, -0.25) is 0 Å². The van der Waals surface area contributed by atoms with E-state index in [4.69, 9.17) is 15.8 Å². The number of nitriles is 3. The Morgan fingerprint density at radius 2 is 1.18 bits per heavy atom. The van der Waals surface area contributed by atoms with Gasteiger partial charge in [0.2, 0.25) is 11.9 Å². The van der Waals surface area contributed by atoms with Crippen LogP contribution >= 0.6 is 0 Å². The van der Waals surface area contributed by atoms with Crippen LogP contribution in [0.4, 0.5) is 17.6 Å². The zero-order chi connectivity index (χ0) is 13.2. The van der Waals surface area contributed by atoms with Crippen molar-refractivity contribution in [2.24, 2.45) is 0 Å². The first-order valence-corrected chi connectivity index (χ1v) is 4.03. The van der Waals surface area contributed by atoms with Crippen LogP contribution < -0.4 is 5.46 Å². The third kappa shape index (κ3) is 1.66. The third-order valence-corrected chi connectivity index (χ3v) is 2.05. The van der Waals surface area contributed by atoms with Gasteiger partial charge >= 0.3 is 6.15 Å². The minimum atomic E-state index is -3.70. The maximum Gasteiger partial charge on any atom is 0.327 e. The van der Waals surface area contributed by atoms with E-state index in [9.17, 15) is 17.6 Å². The first-order valence-electron chi connectivity index (χ1n) is 4.03. The molecule has 0 N–H and O–H groups in total. The summed E-state index contributed by atoms with van der Waals surface area (Å²) in [6.45, 7) is 0. The van der Waals surface area contributed by atoms with E-state index in [1.54, 1.807) is 0 Å². The van der Waals surface area contributed by atoms with Crippen LogP contribution in [0.5, 0.6) is 0 Å². The topological polar surface area (TPSA) is 84.3 Å². The van der Waals surface area contributed by atoms with Gasteiger partial charge in [-0.25, -0.2) is 24.6 Å². The molecule has 0 aliphatic carbocycles. The molecule has 0 atom stereocenters. The molecule has 4 nitrogen and oxygen atoms in total. The lowest BCUT2D eigenvalue weighted by molar-refractivity contribution is 0.414. The van der Waals surface area contributed by atoms with Crippen molar-refractivity contribution in [2.75, 3.05) is 0 Å². The van der Waals surface area contributed by atoms with E-state index >= 15 is 0 Å². The molecule has 1 rings (SSSR count). The molecule has 0 unspecified atom stereocenters. The number of hydrogen-bond donors (Lipinski definition) is 0. The van der Waals surface area contributed by atoms with Crippen LogP contribution in [0.3, 0.4) is 0 Å². The normalized spacial score (nSPS) is 10.2. The molecule has 1 heterocycles. The molecular formula is C8BF4N4-. The highest BCUT2D eigenvalue weighted by Gasteiger charge is 2.36. The van der Waals surface area contributed by atoms with Crippen molar-refractivity contribution < 1.29 is 17.6 Å². The average molecular weight is 239 g/mol. The maximum absolute atomic E-state index is 13.2. The number of nitrogens with zero attached hydrogens (tertiary/aromatic N) is 4. The van der Waals surface area contributed by atoms with Gasteiger partial charge in [-0.2, -0.15) is 13.8 Å². The summed E-state index contributed by atoms with van der Waals surface area (Å²) < 4.78 is 51.9. The summed E-state index contributed by atoms with van der Waals surface area (Å²) in [5.74, 6) is -4.88. The Bertz CT molecular complexity index is 548. The molecule has 0 amide bonds. The molecule has 0 aromatic carbocycles. The van der Waals surface area contributed by atoms with E-state index in [0.29, 0.717) is 0 Å². The Hall–Kier alpha value is -2.60. The highest BCUT2D eigenvalue weighted by Crippen LogP contribution is 2.12. The average Bonchev–Trinajstić information content (AvgIpc) is 2.33. The lowest BCUT2D eigenvalue weighted by atomic mass is 9.25. The highest BCUT2D eigenvalue weighted by molar-refractivity contribution is 7.09. The fourth-order valence-corrected chi connectivity index (χ4v) is 1.16. The first-order chi connectivity index (χ1) is 7.93. The van der Waals surface area contributed by atoms with Gasteiger partial charge in [0.1, 0.15) is 11.6 Å². The Morgan fingerprint density at radius 3 is 1.47 bits per heavy atom. The van der Waals surface area contributed by atoms with Gasteiger partial charge in [0.15, 0.2) is 0 Å². The van der Waals surface area contributed by atoms with E-state index in [0.717, 1.165) is 17.9 Å². The molecule has 9 heteroatoms. The van der Waals surface area contributed by atoms with Crippen LogP contribution in [-0.2, 0) is 0 Å². The fourth-order valence-electron chi connectivity index (χ4n) is 1.16. The number of hydrogen-bond acceptors (Lipinski definition) is 4. The molecule has 0 aliphatic rings. The lowest BCUT2D eigenvalue weighted by Crippen LogP contribution is -2.50. The first kappa shape index (κ1) is 12.5. The summed E-state index contributed by atoms with van der Waals surface area (Å²) >= 11 is 0. The zero-order valence-corrected chi connectivity index (χ0v) is 7.88. The van der Waals surface area contributed by atoms with Crippen molar-refractivity contribution in [3.63, 3.8) is 0 Å². The molecule has 1 aromatic rings. The molecule has 0 aliphatic heterocycles. The van der Waals surface area contributed by atoms with Crippen LogP contribution in [-0.4, -0.2) is 11.1 Å². The summed E-state index contributed by atoms with van der Waals surface area (Å²) in [5.41, 5.74) is -1.54. The number of halogens is 4. The molecule has 0 saturated carbocycles. The van der Waals surface area contributed by atoms with Gasteiger partial charge in [-0.05, 0) is 0 Å². The molecule has 0 saturated heterocycles. The van der Waals surface area contributed by atoms with Gasteiger partial charge in [0.05, 0.1) is 0 Å². The van der Waals surface area contributed by atoms with Gasteiger partial charge in [-0.15, -0.1) is 17.9 Å². The summed E-state index contributed by atoms with van der Waals surface area (Å²) in [7, 11) is 0. The van der Waals surface area contributed by atoms with Crippen LogP contribution in [0, 0.1) is 57.2 Å². The van der Waals surface area contributed by atoms with Gasteiger partial charge in [0.25, 0.3) is 0 Å². The molecule has 1 aromatic heterocycles. The Morgan fingerprint density at radius 1 is 0.824 bits per heavy atom. The third-order valence-electron chi connectivity index (χ3n) is 2.05. The van der Waals surface area contributed by atoms with Crippen LogP contribution in [0.2, 0.25) is 0 Å². The largest absolute Gasteiger partial charge is 0.327 e. The van der Waals surface area contributed by atoms with Crippen LogP contribution in [0.1, 0.15) is 0 Å². The summed E-state index contributed by atoms with van der Waals surface area (Å²) in [4.78, 5) is 2.25. The Labute approximate surface area is 92.2 Å². The van der Waals surface area contributed by atoms with E-state index in [1.807, 2.05) is 0 Å². The lowest BCUT2D eigenvalue weighted by Gasteiger charge is -2.18. The predicted molar refractivity (Wildman–Crippen MR) is 46.3 cm³/mol. The molecule has 84 valence electrons. The molecule has 0 bridgehead atoms. The summed E-state index contributed by atoms with van der Waals surface area (Å²) in [6, 6.07) is 0. The van der Waals surface area contributed by atoms with Crippen molar-refractivity contribution >= 4 is 11.6 Å². The Kier molecular flexibility index (Phi) is 3.02. The molecule has 0 fully saturated rings. The zero-order valence-electron chi connectivity index (χ0n) is 7.88. The van der Waals surface area contributed by atoms with Crippen LogP contribution in [0.25, 0.3) is 0 Å². The molecule has 0 spiro atoms. The van der Waals surface area contributed by atoms with E-state index in [-0.39, 0.29) is 0 Å². The second-order valence-electron chi connectivity index (χ2n) is 2.99. The second kappa shape index (κ2) is 4.11. The van der Waals surface area contributed by atoms with E-state index in [1.165, 1.54) is 0 Å². The maximum atomic E-state index is 13.2. The quantitative estimate of drug-likeness (QED) is 0.405. The molecule has 17 heavy (non-hydrogen) atoms. The number of rotatable bonds is 1. The Balaban J connectivity index is 3.82. The van der Waals surface area contributed by atoms with Crippen molar-refractivity contribution in [1.82, 2.24) is 4.98 Å².